The second kappa shape index (κ2) is 7.09. The second-order valence-electron chi connectivity index (χ2n) is 7.85. The highest BCUT2D eigenvalue weighted by Crippen LogP contribution is 2.33. The molecule has 0 bridgehead atoms. The Balaban J connectivity index is 1.91. The Hall–Kier alpha value is -2.04. The van der Waals surface area contributed by atoms with Gasteiger partial charge in [-0.15, -0.1) is 0 Å². The third-order valence-corrected chi connectivity index (χ3v) is 7.47. The molecule has 2 aromatic rings. The number of rotatable bonds is 4. The summed E-state index contributed by atoms with van der Waals surface area (Å²) in [6.07, 6.45) is 0. The van der Waals surface area contributed by atoms with E-state index in [-0.39, 0.29) is 16.3 Å². The highest BCUT2D eigenvalue weighted by atomic mass is 32.2. The summed E-state index contributed by atoms with van der Waals surface area (Å²) in [6, 6.07) is 5.76. The maximum absolute atomic E-state index is 12.8. The molecule has 8 nitrogen and oxygen atoms in total. The largest absolute Gasteiger partial charge is 0.306 e. The zero-order valence-corrected chi connectivity index (χ0v) is 18.1. The molecule has 0 aliphatic carbocycles. The van der Waals surface area contributed by atoms with Crippen LogP contribution in [-0.2, 0) is 37.9 Å². The predicted molar refractivity (Wildman–Crippen MR) is 108 cm³/mol. The lowest BCUT2D eigenvalue weighted by molar-refractivity contribution is 0.102. The van der Waals surface area contributed by atoms with E-state index in [1.807, 2.05) is 20.8 Å². The molecule has 1 aromatic heterocycles. The van der Waals surface area contributed by atoms with E-state index in [1.54, 1.807) is 4.68 Å². The van der Waals surface area contributed by atoms with Crippen molar-refractivity contribution in [3.05, 3.63) is 41.1 Å². The SMILES string of the molecule is CN(C)S(=O)(=O)c1ccc(C(=O)Nc2c3c(nn2C(C)(C)C)CS(=O)C3)cc1. The molecule has 0 fully saturated rings. The van der Waals surface area contributed by atoms with E-state index in [0.29, 0.717) is 22.9 Å². The molecule has 1 N–H and O–H groups in total. The number of carbonyl (C=O) groups excluding carboxylic acids is 1. The van der Waals surface area contributed by atoms with Crippen molar-refractivity contribution in [2.75, 3.05) is 19.4 Å². The zero-order chi connectivity index (χ0) is 20.9. The zero-order valence-electron chi connectivity index (χ0n) is 16.5. The summed E-state index contributed by atoms with van der Waals surface area (Å²) in [6.45, 7) is 5.92. The first-order chi connectivity index (χ1) is 12.9. The van der Waals surface area contributed by atoms with E-state index >= 15 is 0 Å². The third kappa shape index (κ3) is 3.76. The maximum Gasteiger partial charge on any atom is 0.256 e. The van der Waals surface area contributed by atoms with Gasteiger partial charge in [0.05, 0.1) is 27.6 Å². The van der Waals surface area contributed by atoms with Crippen molar-refractivity contribution < 1.29 is 17.4 Å². The van der Waals surface area contributed by atoms with E-state index in [0.717, 1.165) is 15.6 Å². The summed E-state index contributed by atoms with van der Waals surface area (Å²) in [5.74, 6) is 0.919. The van der Waals surface area contributed by atoms with Crippen LogP contribution in [-0.4, -0.2) is 46.7 Å². The molecule has 2 heterocycles. The number of hydrogen-bond donors (Lipinski definition) is 1. The van der Waals surface area contributed by atoms with Gasteiger partial charge >= 0.3 is 0 Å². The quantitative estimate of drug-likeness (QED) is 0.808. The highest BCUT2D eigenvalue weighted by molar-refractivity contribution is 7.89. The Morgan fingerprint density at radius 2 is 1.79 bits per heavy atom. The number of amides is 1. The number of fused-ring (bicyclic) bond motifs is 1. The van der Waals surface area contributed by atoms with Crippen molar-refractivity contribution >= 4 is 32.5 Å². The molecule has 1 aliphatic heterocycles. The van der Waals surface area contributed by atoms with Crippen molar-refractivity contribution in [3.8, 4) is 0 Å². The lowest BCUT2D eigenvalue weighted by atomic mass is 10.1. The van der Waals surface area contributed by atoms with Crippen molar-refractivity contribution in [2.45, 2.75) is 42.7 Å². The molecule has 0 saturated carbocycles. The van der Waals surface area contributed by atoms with Crippen LogP contribution in [0.5, 0.6) is 0 Å². The van der Waals surface area contributed by atoms with Gasteiger partial charge in [-0.05, 0) is 45.0 Å². The van der Waals surface area contributed by atoms with Gasteiger partial charge < -0.3 is 5.32 Å². The standard InChI is InChI=1S/C18H24N4O4S2/c1-18(2,3)22-16(14-10-27(24)11-15(14)20-22)19-17(23)12-6-8-13(9-7-12)28(25,26)21(4)5/h6-9H,10-11H2,1-5H3,(H,19,23). The lowest BCUT2D eigenvalue weighted by Crippen LogP contribution is -2.27. The fourth-order valence-corrected chi connectivity index (χ4v) is 5.08. The number of hydrogen-bond acceptors (Lipinski definition) is 5. The molecule has 1 aliphatic rings. The Morgan fingerprint density at radius 3 is 2.32 bits per heavy atom. The van der Waals surface area contributed by atoms with Crippen molar-refractivity contribution in [1.82, 2.24) is 14.1 Å². The predicted octanol–water partition coefficient (Wildman–Crippen LogP) is 1.90. The van der Waals surface area contributed by atoms with E-state index < -0.39 is 20.8 Å². The number of carbonyl (C=O) groups is 1. The van der Waals surface area contributed by atoms with E-state index in [4.69, 9.17) is 0 Å². The number of benzene rings is 1. The van der Waals surface area contributed by atoms with Gasteiger partial charge in [0.25, 0.3) is 5.91 Å². The molecule has 152 valence electrons. The van der Waals surface area contributed by atoms with Crippen LogP contribution in [0.2, 0.25) is 0 Å². The Morgan fingerprint density at radius 1 is 1.18 bits per heavy atom. The number of nitrogens with one attached hydrogen (secondary N) is 1. The molecule has 10 heteroatoms. The smallest absolute Gasteiger partial charge is 0.256 e. The molecule has 0 radical (unpaired) electrons. The minimum Gasteiger partial charge on any atom is -0.306 e. The number of sulfonamides is 1. The molecular weight excluding hydrogens is 400 g/mol. The molecule has 1 atom stereocenters. The number of nitrogens with zero attached hydrogens (tertiary/aromatic N) is 3. The van der Waals surface area contributed by atoms with Gasteiger partial charge in [-0.3, -0.25) is 9.00 Å². The minimum atomic E-state index is -3.56. The van der Waals surface area contributed by atoms with Gasteiger partial charge in [-0.25, -0.2) is 17.4 Å². The minimum absolute atomic E-state index is 0.116. The van der Waals surface area contributed by atoms with Gasteiger partial charge in [0.15, 0.2) is 0 Å². The monoisotopic (exact) mass is 424 g/mol. The van der Waals surface area contributed by atoms with Gasteiger partial charge in [-0.2, -0.15) is 5.10 Å². The van der Waals surface area contributed by atoms with E-state index in [2.05, 4.69) is 10.4 Å². The van der Waals surface area contributed by atoms with Crippen LogP contribution in [0, 0.1) is 0 Å². The summed E-state index contributed by atoms with van der Waals surface area (Å²) < 4.78 is 39.1. The molecule has 1 amide bonds. The topological polar surface area (TPSA) is 101 Å². The van der Waals surface area contributed by atoms with Crippen LogP contribution >= 0.6 is 0 Å². The average molecular weight is 425 g/mol. The molecule has 1 aromatic carbocycles. The molecule has 3 rings (SSSR count). The first kappa shape index (κ1) is 20.7. The van der Waals surface area contributed by atoms with E-state index in [1.165, 1.54) is 38.4 Å². The van der Waals surface area contributed by atoms with Gasteiger partial charge in [-0.1, -0.05) is 0 Å². The van der Waals surface area contributed by atoms with Crippen LogP contribution in [0.25, 0.3) is 0 Å². The van der Waals surface area contributed by atoms with Crippen molar-refractivity contribution in [2.24, 2.45) is 0 Å². The van der Waals surface area contributed by atoms with Gasteiger partial charge in [0.1, 0.15) is 5.82 Å². The van der Waals surface area contributed by atoms with Crippen LogP contribution < -0.4 is 5.32 Å². The molecule has 28 heavy (non-hydrogen) atoms. The van der Waals surface area contributed by atoms with Crippen LogP contribution in [0.1, 0.15) is 42.4 Å². The van der Waals surface area contributed by atoms with Crippen LogP contribution in [0.4, 0.5) is 5.82 Å². The van der Waals surface area contributed by atoms with Gasteiger partial charge in [0, 0.05) is 36.0 Å². The Bertz CT molecular complexity index is 1050. The number of anilines is 1. The summed E-state index contributed by atoms with van der Waals surface area (Å²) in [5.41, 5.74) is 1.51. The lowest BCUT2D eigenvalue weighted by Gasteiger charge is -2.23. The van der Waals surface area contributed by atoms with Crippen molar-refractivity contribution in [1.29, 1.82) is 0 Å². The third-order valence-electron chi connectivity index (χ3n) is 4.43. The van der Waals surface area contributed by atoms with Crippen LogP contribution in [0.3, 0.4) is 0 Å². The summed E-state index contributed by atoms with van der Waals surface area (Å²) in [4.78, 5) is 12.9. The van der Waals surface area contributed by atoms with Gasteiger partial charge in [0.2, 0.25) is 10.0 Å². The molecule has 0 saturated heterocycles. The fraction of sp³-hybridized carbons (Fsp3) is 0.444. The number of aromatic nitrogens is 2. The summed E-state index contributed by atoms with van der Waals surface area (Å²) in [7, 11) is -1.66. The van der Waals surface area contributed by atoms with Crippen molar-refractivity contribution in [3.63, 3.8) is 0 Å². The highest BCUT2D eigenvalue weighted by Gasteiger charge is 2.31. The summed E-state index contributed by atoms with van der Waals surface area (Å²) in [5, 5.41) is 7.43. The maximum atomic E-state index is 12.8. The Labute approximate surface area is 167 Å². The molecule has 1 unspecified atom stereocenters. The first-order valence-electron chi connectivity index (χ1n) is 8.71. The molecule has 0 spiro atoms. The first-order valence-corrected chi connectivity index (χ1v) is 11.6. The van der Waals surface area contributed by atoms with E-state index in [9.17, 15) is 17.4 Å². The Kier molecular flexibility index (Phi) is 5.24. The molecular formula is C18H24N4O4S2. The second-order valence-corrected chi connectivity index (χ2v) is 11.5. The summed E-state index contributed by atoms with van der Waals surface area (Å²) >= 11 is 0. The average Bonchev–Trinajstić information content (AvgIpc) is 3.11. The normalized spacial score (nSPS) is 17.0. The van der Waals surface area contributed by atoms with Crippen LogP contribution in [0.15, 0.2) is 29.2 Å². The fourth-order valence-electron chi connectivity index (χ4n) is 2.91.